The Morgan fingerprint density at radius 1 is 1.32 bits per heavy atom. The first-order valence-corrected chi connectivity index (χ1v) is 7.56. The Kier molecular flexibility index (Phi) is 8.06. The lowest BCUT2D eigenvalue weighted by Crippen LogP contribution is -2.38. The summed E-state index contributed by atoms with van der Waals surface area (Å²) in [5.41, 5.74) is 5.95. The number of rotatable bonds is 5. The molecule has 0 spiro atoms. The van der Waals surface area contributed by atoms with Gasteiger partial charge in [0.1, 0.15) is 0 Å². The second-order valence-corrected chi connectivity index (χ2v) is 5.81. The number of hydrogen-bond acceptors (Lipinski definition) is 2. The number of aliphatic imine (C=N–C) groups is 1. The van der Waals surface area contributed by atoms with E-state index >= 15 is 0 Å². The summed E-state index contributed by atoms with van der Waals surface area (Å²) in [5, 5.41) is 3.35. The maximum absolute atomic E-state index is 5.95. The summed E-state index contributed by atoms with van der Waals surface area (Å²) in [6, 6.07) is 0.578. The van der Waals surface area contributed by atoms with Gasteiger partial charge in [0.05, 0.1) is 0 Å². The molecule has 0 bridgehead atoms. The van der Waals surface area contributed by atoms with Gasteiger partial charge in [-0.3, -0.25) is 4.99 Å². The lowest BCUT2D eigenvalue weighted by Gasteiger charge is -2.15. The standard InChI is InChI=1S/C14H28N4.HI/c1-2-8-18-9-7-12(11-18)10-16-14(15)17-13-5-3-4-6-13;/h12-13H,2-11H2,1H3,(H3,15,16,17);1H. The Morgan fingerprint density at radius 3 is 2.74 bits per heavy atom. The van der Waals surface area contributed by atoms with Crippen molar-refractivity contribution in [2.45, 2.75) is 51.5 Å². The smallest absolute Gasteiger partial charge is 0.188 e. The van der Waals surface area contributed by atoms with Gasteiger partial charge in [-0.25, -0.2) is 0 Å². The fourth-order valence-corrected chi connectivity index (χ4v) is 3.13. The van der Waals surface area contributed by atoms with Gasteiger partial charge in [0, 0.05) is 19.1 Å². The van der Waals surface area contributed by atoms with Crippen LogP contribution in [0.3, 0.4) is 0 Å². The van der Waals surface area contributed by atoms with E-state index < -0.39 is 0 Å². The van der Waals surface area contributed by atoms with Crippen molar-refractivity contribution in [3.8, 4) is 0 Å². The fraction of sp³-hybridized carbons (Fsp3) is 0.929. The maximum Gasteiger partial charge on any atom is 0.188 e. The lowest BCUT2D eigenvalue weighted by molar-refractivity contribution is 0.326. The van der Waals surface area contributed by atoms with Crippen LogP contribution in [-0.2, 0) is 0 Å². The Labute approximate surface area is 134 Å². The molecular weight excluding hydrogens is 351 g/mol. The summed E-state index contributed by atoms with van der Waals surface area (Å²) in [7, 11) is 0. The molecule has 1 unspecified atom stereocenters. The van der Waals surface area contributed by atoms with E-state index in [1.807, 2.05) is 0 Å². The molecule has 2 rings (SSSR count). The van der Waals surface area contributed by atoms with Crippen LogP contribution in [0.4, 0.5) is 0 Å². The molecule has 1 heterocycles. The van der Waals surface area contributed by atoms with Crippen LogP contribution in [0.2, 0.25) is 0 Å². The highest BCUT2D eigenvalue weighted by Gasteiger charge is 2.21. The summed E-state index contributed by atoms with van der Waals surface area (Å²) < 4.78 is 0. The van der Waals surface area contributed by atoms with Crippen molar-refractivity contribution < 1.29 is 0 Å². The number of likely N-dealkylation sites (tertiary alicyclic amines) is 1. The number of nitrogens with one attached hydrogen (secondary N) is 1. The molecule has 4 nitrogen and oxygen atoms in total. The first-order chi connectivity index (χ1) is 8.78. The topological polar surface area (TPSA) is 53.6 Å². The van der Waals surface area contributed by atoms with Gasteiger partial charge in [0.15, 0.2) is 5.96 Å². The molecule has 0 aromatic heterocycles. The first kappa shape index (κ1) is 17.0. The third kappa shape index (κ3) is 5.85. The van der Waals surface area contributed by atoms with Gasteiger partial charge in [-0.05, 0) is 44.7 Å². The van der Waals surface area contributed by atoms with Crippen molar-refractivity contribution in [3.05, 3.63) is 0 Å². The van der Waals surface area contributed by atoms with E-state index in [-0.39, 0.29) is 24.0 Å². The molecule has 1 atom stereocenters. The molecular formula is C14H29IN4. The third-order valence-electron chi connectivity index (χ3n) is 4.14. The van der Waals surface area contributed by atoms with Crippen LogP contribution in [0, 0.1) is 5.92 Å². The second kappa shape index (κ2) is 9.00. The van der Waals surface area contributed by atoms with Gasteiger partial charge < -0.3 is 16.0 Å². The van der Waals surface area contributed by atoms with Crippen LogP contribution in [0.1, 0.15) is 45.4 Å². The Balaban J connectivity index is 0.00000180. The van der Waals surface area contributed by atoms with Crippen LogP contribution in [0.25, 0.3) is 0 Å². The van der Waals surface area contributed by atoms with Gasteiger partial charge in [-0.15, -0.1) is 24.0 Å². The van der Waals surface area contributed by atoms with Gasteiger partial charge in [0.25, 0.3) is 0 Å². The highest BCUT2D eigenvalue weighted by molar-refractivity contribution is 14.0. The predicted molar refractivity (Wildman–Crippen MR) is 92.1 cm³/mol. The van der Waals surface area contributed by atoms with Gasteiger partial charge in [-0.1, -0.05) is 19.8 Å². The number of nitrogens with two attached hydrogens (primary N) is 1. The van der Waals surface area contributed by atoms with E-state index in [0.29, 0.717) is 17.9 Å². The highest BCUT2D eigenvalue weighted by Crippen LogP contribution is 2.18. The lowest BCUT2D eigenvalue weighted by atomic mass is 10.1. The first-order valence-electron chi connectivity index (χ1n) is 7.56. The Morgan fingerprint density at radius 2 is 2.05 bits per heavy atom. The summed E-state index contributed by atoms with van der Waals surface area (Å²) in [6.45, 7) is 6.81. The average molecular weight is 380 g/mol. The zero-order valence-corrected chi connectivity index (χ0v) is 14.4. The third-order valence-corrected chi connectivity index (χ3v) is 4.14. The van der Waals surface area contributed by atoms with Crippen molar-refractivity contribution in [2.75, 3.05) is 26.2 Å². The number of nitrogens with zero attached hydrogens (tertiary/aromatic N) is 2. The fourth-order valence-electron chi connectivity index (χ4n) is 3.13. The average Bonchev–Trinajstić information content (AvgIpc) is 2.99. The van der Waals surface area contributed by atoms with E-state index in [1.54, 1.807) is 0 Å². The molecule has 1 saturated carbocycles. The second-order valence-electron chi connectivity index (χ2n) is 5.81. The molecule has 1 aliphatic carbocycles. The molecule has 5 heteroatoms. The molecule has 19 heavy (non-hydrogen) atoms. The van der Waals surface area contributed by atoms with Crippen molar-refractivity contribution in [1.29, 1.82) is 0 Å². The summed E-state index contributed by atoms with van der Waals surface area (Å²) >= 11 is 0. The number of guanidine groups is 1. The van der Waals surface area contributed by atoms with Crippen LogP contribution < -0.4 is 11.1 Å². The molecule has 0 amide bonds. The molecule has 112 valence electrons. The van der Waals surface area contributed by atoms with Gasteiger partial charge in [0.2, 0.25) is 0 Å². The zero-order chi connectivity index (χ0) is 12.8. The number of hydrogen-bond donors (Lipinski definition) is 2. The van der Waals surface area contributed by atoms with Crippen LogP contribution in [0.15, 0.2) is 4.99 Å². The molecule has 2 aliphatic rings. The Bertz CT molecular complexity index is 277. The van der Waals surface area contributed by atoms with Crippen LogP contribution in [0.5, 0.6) is 0 Å². The predicted octanol–water partition coefficient (Wildman–Crippen LogP) is 2.18. The van der Waals surface area contributed by atoms with E-state index in [2.05, 4.69) is 22.1 Å². The van der Waals surface area contributed by atoms with Gasteiger partial charge >= 0.3 is 0 Å². The minimum absolute atomic E-state index is 0. The minimum Gasteiger partial charge on any atom is -0.370 e. The van der Waals surface area contributed by atoms with Crippen LogP contribution >= 0.6 is 24.0 Å². The number of halogens is 1. The molecule has 3 N–H and O–H groups in total. The molecule has 1 aliphatic heterocycles. The zero-order valence-electron chi connectivity index (χ0n) is 12.1. The monoisotopic (exact) mass is 380 g/mol. The molecule has 2 fully saturated rings. The summed E-state index contributed by atoms with van der Waals surface area (Å²) in [6.07, 6.45) is 7.70. The summed E-state index contributed by atoms with van der Waals surface area (Å²) in [4.78, 5) is 7.06. The van der Waals surface area contributed by atoms with Crippen molar-refractivity contribution in [3.63, 3.8) is 0 Å². The van der Waals surface area contributed by atoms with E-state index in [9.17, 15) is 0 Å². The normalized spacial score (nSPS) is 25.5. The van der Waals surface area contributed by atoms with Gasteiger partial charge in [-0.2, -0.15) is 0 Å². The SMILES string of the molecule is CCCN1CCC(CN=C(N)NC2CCCC2)C1.I. The van der Waals surface area contributed by atoms with Crippen molar-refractivity contribution >= 4 is 29.9 Å². The highest BCUT2D eigenvalue weighted by atomic mass is 127. The summed E-state index contributed by atoms with van der Waals surface area (Å²) in [5.74, 6) is 1.37. The van der Waals surface area contributed by atoms with E-state index in [4.69, 9.17) is 5.73 Å². The Hall–Kier alpha value is -0.0400. The van der Waals surface area contributed by atoms with E-state index in [1.165, 1.54) is 58.2 Å². The molecule has 0 aromatic rings. The molecule has 0 radical (unpaired) electrons. The quantitative estimate of drug-likeness (QED) is 0.437. The van der Waals surface area contributed by atoms with Crippen LogP contribution in [-0.4, -0.2) is 43.1 Å². The molecule has 1 saturated heterocycles. The molecule has 0 aromatic carbocycles. The van der Waals surface area contributed by atoms with Crippen molar-refractivity contribution in [1.82, 2.24) is 10.2 Å². The van der Waals surface area contributed by atoms with E-state index in [0.717, 1.165) is 6.54 Å². The maximum atomic E-state index is 5.95. The minimum atomic E-state index is 0. The largest absolute Gasteiger partial charge is 0.370 e. The van der Waals surface area contributed by atoms with Crippen molar-refractivity contribution in [2.24, 2.45) is 16.6 Å².